The van der Waals surface area contributed by atoms with Gasteiger partial charge in [-0.25, -0.2) is 18.4 Å². The Kier molecular flexibility index (Phi) is 6.65. The third-order valence-corrected chi connectivity index (χ3v) is 6.25. The van der Waals surface area contributed by atoms with Crippen molar-refractivity contribution in [1.82, 2.24) is 5.32 Å². The number of carbonyl (C=O) groups is 2. The van der Waals surface area contributed by atoms with Gasteiger partial charge in [-0.15, -0.1) is 0 Å². The molecule has 1 aromatic rings. The molecule has 7 nitrogen and oxygen atoms in total. The molecule has 1 aliphatic carbocycles. The molecule has 0 saturated heterocycles. The van der Waals surface area contributed by atoms with Gasteiger partial charge >= 0.3 is 5.97 Å². The second-order valence-corrected chi connectivity index (χ2v) is 8.64. The first-order valence-corrected chi connectivity index (χ1v) is 10.3. The summed E-state index contributed by atoms with van der Waals surface area (Å²) in [7, 11) is -4.07. The number of rotatable bonds is 5. The van der Waals surface area contributed by atoms with E-state index in [2.05, 4.69) is 19.2 Å². The number of esters is 1. The van der Waals surface area contributed by atoms with E-state index in [1.54, 1.807) is 0 Å². The van der Waals surface area contributed by atoms with Gasteiger partial charge < -0.3 is 10.1 Å². The van der Waals surface area contributed by atoms with Gasteiger partial charge in [-0.1, -0.05) is 38.3 Å². The minimum atomic E-state index is -4.07. The normalized spacial score (nSPS) is 23.3. The molecule has 144 valence electrons. The molecule has 0 aromatic heterocycles. The lowest BCUT2D eigenvalue weighted by Gasteiger charge is -2.34. The first-order valence-electron chi connectivity index (χ1n) is 8.38. The second kappa shape index (κ2) is 8.37. The van der Waals surface area contributed by atoms with Crippen molar-refractivity contribution in [2.24, 2.45) is 17.0 Å². The summed E-state index contributed by atoms with van der Waals surface area (Å²) in [6.45, 7) is 3.82. The summed E-state index contributed by atoms with van der Waals surface area (Å²) in [4.78, 5) is 23.7. The lowest BCUT2D eigenvalue weighted by Crippen LogP contribution is -2.45. The number of primary sulfonamides is 1. The fraction of sp³-hybridized carbons (Fsp3) is 0.529. The van der Waals surface area contributed by atoms with E-state index < -0.39 is 22.6 Å². The Hall–Kier alpha value is -1.64. The number of sulfonamides is 1. The molecule has 1 aromatic carbocycles. The van der Waals surface area contributed by atoms with Crippen LogP contribution in [0.3, 0.4) is 0 Å². The van der Waals surface area contributed by atoms with Crippen molar-refractivity contribution in [3.05, 3.63) is 28.8 Å². The molecule has 0 spiro atoms. The van der Waals surface area contributed by atoms with Crippen LogP contribution < -0.4 is 10.5 Å². The van der Waals surface area contributed by atoms with Crippen LogP contribution in [0.5, 0.6) is 0 Å². The predicted octanol–water partition coefficient (Wildman–Crippen LogP) is 2.09. The molecule has 1 saturated carbocycles. The van der Waals surface area contributed by atoms with Gasteiger partial charge in [0.15, 0.2) is 6.61 Å². The maximum Gasteiger partial charge on any atom is 0.338 e. The summed E-state index contributed by atoms with van der Waals surface area (Å²) in [5.74, 6) is -0.323. The van der Waals surface area contributed by atoms with Crippen LogP contribution in [0.4, 0.5) is 0 Å². The van der Waals surface area contributed by atoms with Crippen molar-refractivity contribution in [3.63, 3.8) is 0 Å². The standard InChI is InChI=1S/C17H23ClN2O5S/c1-10-4-3-5-14(11(10)2)20-16(21)9-25-17(22)12-6-7-13(18)15(8-12)26(19,23)24/h6-8,10-11,14H,3-5,9H2,1-2H3,(H,20,21)(H2,19,23,24)/t10-,11-,14-/m1/s1. The highest BCUT2D eigenvalue weighted by Gasteiger charge is 2.28. The van der Waals surface area contributed by atoms with E-state index in [0.717, 1.165) is 25.3 Å². The van der Waals surface area contributed by atoms with Crippen LogP contribution >= 0.6 is 11.6 Å². The third-order valence-electron chi connectivity index (χ3n) is 4.86. The van der Waals surface area contributed by atoms with Crippen molar-refractivity contribution in [2.45, 2.75) is 44.0 Å². The van der Waals surface area contributed by atoms with Crippen molar-refractivity contribution in [2.75, 3.05) is 6.61 Å². The largest absolute Gasteiger partial charge is 0.452 e. The summed E-state index contributed by atoms with van der Waals surface area (Å²) in [6.07, 6.45) is 3.10. The lowest BCUT2D eigenvalue weighted by atomic mass is 9.78. The number of hydrogen-bond donors (Lipinski definition) is 2. The van der Waals surface area contributed by atoms with Gasteiger partial charge in [0.1, 0.15) is 4.90 Å². The van der Waals surface area contributed by atoms with Crippen LogP contribution in [0.25, 0.3) is 0 Å². The number of benzene rings is 1. The van der Waals surface area contributed by atoms with Gasteiger partial charge in [0.05, 0.1) is 10.6 Å². The van der Waals surface area contributed by atoms with Crippen molar-refractivity contribution in [1.29, 1.82) is 0 Å². The van der Waals surface area contributed by atoms with E-state index in [-0.39, 0.29) is 27.4 Å². The van der Waals surface area contributed by atoms with E-state index in [0.29, 0.717) is 11.8 Å². The van der Waals surface area contributed by atoms with Crippen LogP contribution in [0.15, 0.2) is 23.1 Å². The van der Waals surface area contributed by atoms with Gasteiger partial charge in [-0.3, -0.25) is 4.79 Å². The Morgan fingerprint density at radius 3 is 2.65 bits per heavy atom. The molecule has 0 radical (unpaired) electrons. The number of carbonyl (C=O) groups excluding carboxylic acids is 2. The molecule has 9 heteroatoms. The van der Waals surface area contributed by atoms with E-state index in [1.807, 2.05) is 0 Å². The number of amides is 1. The monoisotopic (exact) mass is 402 g/mol. The Balaban J connectivity index is 1.95. The molecule has 1 amide bonds. The van der Waals surface area contributed by atoms with E-state index in [1.165, 1.54) is 12.1 Å². The zero-order valence-electron chi connectivity index (χ0n) is 14.7. The molecule has 2 rings (SSSR count). The van der Waals surface area contributed by atoms with Crippen LogP contribution in [0.1, 0.15) is 43.5 Å². The van der Waals surface area contributed by atoms with Crippen LogP contribution in [0.2, 0.25) is 5.02 Å². The molecule has 1 aliphatic rings. The topological polar surface area (TPSA) is 116 Å². The van der Waals surface area contributed by atoms with E-state index in [9.17, 15) is 18.0 Å². The highest BCUT2D eigenvalue weighted by molar-refractivity contribution is 7.89. The molecule has 3 atom stereocenters. The lowest BCUT2D eigenvalue weighted by molar-refractivity contribution is -0.125. The van der Waals surface area contributed by atoms with E-state index in [4.69, 9.17) is 21.5 Å². The van der Waals surface area contributed by atoms with Crippen molar-refractivity contribution < 1.29 is 22.7 Å². The zero-order valence-corrected chi connectivity index (χ0v) is 16.3. The molecule has 3 N–H and O–H groups in total. The van der Waals surface area contributed by atoms with Crippen LogP contribution in [0, 0.1) is 11.8 Å². The summed E-state index contributed by atoms with van der Waals surface area (Å²) in [6, 6.07) is 3.64. The Morgan fingerprint density at radius 1 is 1.31 bits per heavy atom. The number of nitrogens with two attached hydrogens (primary N) is 1. The third kappa shape index (κ3) is 5.18. The quantitative estimate of drug-likeness (QED) is 0.731. The highest BCUT2D eigenvalue weighted by Crippen LogP contribution is 2.29. The van der Waals surface area contributed by atoms with Gasteiger partial charge in [0, 0.05) is 6.04 Å². The average Bonchev–Trinajstić information content (AvgIpc) is 2.56. The van der Waals surface area contributed by atoms with Crippen LogP contribution in [-0.2, 0) is 19.6 Å². The highest BCUT2D eigenvalue weighted by atomic mass is 35.5. The molecular weight excluding hydrogens is 380 g/mol. The molecular formula is C17H23ClN2O5S. The van der Waals surface area contributed by atoms with Gasteiger partial charge in [-0.2, -0.15) is 0 Å². The second-order valence-electron chi connectivity index (χ2n) is 6.71. The molecule has 0 bridgehead atoms. The maximum absolute atomic E-state index is 12.1. The summed E-state index contributed by atoms with van der Waals surface area (Å²) in [5, 5.41) is 7.85. The summed E-state index contributed by atoms with van der Waals surface area (Å²) in [5.41, 5.74) is -0.0501. The fourth-order valence-electron chi connectivity index (χ4n) is 3.10. The zero-order chi connectivity index (χ0) is 19.5. The average molecular weight is 403 g/mol. The van der Waals surface area contributed by atoms with Crippen LogP contribution in [-0.4, -0.2) is 32.9 Å². The van der Waals surface area contributed by atoms with Crippen molar-refractivity contribution in [3.8, 4) is 0 Å². The number of hydrogen-bond acceptors (Lipinski definition) is 5. The Labute approximate surface area is 158 Å². The van der Waals surface area contributed by atoms with Gasteiger partial charge in [0.2, 0.25) is 10.0 Å². The number of halogens is 1. The van der Waals surface area contributed by atoms with Gasteiger partial charge in [0.25, 0.3) is 5.91 Å². The maximum atomic E-state index is 12.1. The molecule has 26 heavy (non-hydrogen) atoms. The van der Waals surface area contributed by atoms with E-state index >= 15 is 0 Å². The predicted molar refractivity (Wildman–Crippen MR) is 97.2 cm³/mol. The number of ether oxygens (including phenoxy) is 1. The molecule has 0 heterocycles. The minimum Gasteiger partial charge on any atom is -0.452 e. The Morgan fingerprint density at radius 2 is 2.00 bits per heavy atom. The fourth-order valence-corrected chi connectivity index (χ4v) is 4.17. The Bertz CT molecular complexity index is 796. The SMILES string of the molecule is C[C@@H]1[C@H](C)CCC[C@H]1NC(=O)COC(=O)c1ccc(Cl)c(S(N)(=O)=O)c1. The smallest absolute Gasteiger partial charge is 0.338 e. The summed E-state index contributed by atoms with van der Waals surface area (Å²) < 4.78 is 27.9. The minimum absolute atomic E-state index is 0.0501. The number of nitrogens with one attached hydrogen (secondary N) is 1. The molecule has 0 unspecified atom stereocenters. The van der Waals surface area contributed by atoms with Gasteiger partial charge in [-0.05, 0) is 36.5 Å². The summed E-state index contributed by atoms with van der Waals surface area (Å²) >= 11 is 5.77. The van der Waals surface area contributed by atoms with Crippen molar-refractivity contribution >= 4 is 33.5 Å². The molecule has 0 aliphatic heterocycles. The molecule has 1 fully saturated rings. The first-order chi connectivity index (χ1) is 12.1. The first kappa shape index (κ1) is 20.7.